The van der Waals surface area contributed by atoms with Crippen molar-refractivity contribution in [3.8, 4) is 11.5 Å². The standard InChI is InChI=1S/C20H23F3N2O3/c1-4-28-17-9-8-14(10-18(17)27-3)13(2)25-19(26)12-24-16-7-5-6-15(11-16)20(21,22)23/h5-11,13,24H,4,12H2,1-3H3,(H,25,26). The Bertz CT molecular complexity index is 810. The molecule has 0 aromatic heterocycles. The summed E-state index contributed by atoms with van der Waals surface area (Å²) >= 11 is 0. The molecule has 2 aromatic carbocycles. The van der Waals surface area contributed by atoms with Gasteiger partial charge in [0.15, 0.2) is 11.5 Å². The molecule has 0 fully saturated rings. The minimum atomic E-state index is -4.43. The van der Waals surface area contributed by atoms with E-state index in [-0.39, 0.29) is 24.2 Å². The van der Waals surface area contributed by atoms with Gasteiger partial charge in [0, 0.05) is 5.69 Å². The molecule has 2 N–H and O–H groups in total. The molecule has 2 aromatic rings. The fourth-order valence-corrected chi connectivity index (χ4v) is 2.59. The number of benzene rings is 2. The van der Waals surface area contributed by atoms with Crippen LogP contribution in [0.15, 0.2) is 42.5 Å². The molecule has 8 heteroatoms. The van der Waals surface area contributed by atoms with E-state index >= 15 is 0 Å². The van der Waals surface area contributed by atoms with E-state index in [1.807, 2.05) is 13.0 Å². The molecule has 28 heavy (non-hydrogen) atoms. The second-order valence-corrected chi connectivity index (χ2v) is 6.06. The Kier molecular flexibility index (Phi) is 7.14. The number of amides is 1. The lowest BCUT2D eigenvalue weighted by atomic mass is 10.1. The molecule has 0 aliphatic rings. The summed E-state index contributed by atoms with van der Waals surface area (Å²) in [5.41, 5.74) is 0.265. The van der Waals surface area contributed by atoms with Crippen LogP contribution in [0.3, 0.4) is 0 Å². The molecule has 0 saturated carbocycles. The lowest BCUT2D eigenvalue weighted by Crippen LogP contribution is -2.32. The maximum absolute atomic E-state index is 12.7. The molecule has 1 unspecified atom stereocenters. The number of hydrogen-bond donors (Lipinski definition) is 2. The van der Waals surface area contributed by atoms with Crippen LogP contribution < -0.4 is 20.1 Å². The van der Waals surface area contributed by atoms with Crippen LogP contribution in [-0.4, -0.2) is 26.2 Å². The molecule has 5 nitrogen and oxygen atoms in total. The molecule has 0 aliphatic carbocycles. The van der Waals surface area contributed by atoms with Crippen molar-refractivity contribution in [2.45, 2.75) is 26.1 Å². The van der Waals surface area contributed by atoms with Gasteiger partial charge in [-0.3, -0.25) is 4.79 Å². The molecule has 1 amide bonds. The number of nitrogens with one attached hydrogen (secondary N) is 2. The monoisotopic (exact) mass is 396 g/mol. The Morgan fingerprint density at radius 3 is 2.54 bits per heavy atom. The number of ether oxygens (including phenoxy) is 2. The number of carbonyl (C=O) groups excluding carboxylic acids is 1. The molecule has 0 radical (unpaired) electrons. The first-order valence-corrected chi connectivity index (χ1v) is 8.75. The Labute approximate surface area is 161 Å². The van der Waals surface area contributed by atoms with Crippen molar-refractivity contribution >= 4 is 11.6 Å². The molecule has 0 heterocycles. The van der Waals surface area contributed by atoms with Crippen molar-refractivity contribution in [3.05, 3.63) is 53.6 Å². The largest absolute Gasteiger partial charge is 0.493 e. The fourth-order valence-electron chi connectivity index (χ4n) is 2.59. The van der Waals surface area contributed by atoms with Gasteiger partial charge >= 0.3 is 6.18 Å². The molecule has 0 spiro atoms. The Morgan fingerprint density at radius 2 is 1.89 bits per heavy atom. The average Bonchev–Trinajstić information content (AvgIpc) is 2.66. The molecular formula is C20H23F3N2O3. The number of hydrogen-bond acceptors (Lipinski definition) is 4. The minimum absolute atomic E-state index is 0.153. The zero-order chi connectivity index (χ0) is 20.7. The van der Waals surface area contributed by atoms with Gasteiger partial charge in [-0.25, -0.2) is 0 Å². The molecule has 152 valence electrons. The van der Waals surface area contributed by atoms with E-state index in [9.17, 15) is 18.0 Å². The van der Waals surface area contributed by atoms with Crippen LogP contribution in [0.25, 0.3) is 0 Å². The van der Waals surface area contributed by atoms with Crippen LogP contribution >= 0.6 is 0 Å². The number of rotatable bonds is 8. The zero-order valence-corrected chi connectivity index (χ0v) is 15.9. The number of anilines is 1. The van der Waals surface area contributed by atoms with Gasteiger partial charge in [-0.2, -0.15) is 13.2 Å². The SMILES string of the molecule is CCOc1ccc(C(C)NC(=O)CNc2cccc(C(F)(F)F)c2)cc1OC. The quantitative estimate of drug-likeness (QED) is 0.694. The van der Waals surface area contributed by atoms with Crippen molar-refractivity contribution in [3.63, 3.8) is 0 Å². The van der Waals surface area contributed by atoms with Gasteiger partial charge in [0.25, 0.3) is 0 Å². The van der Waals surface area contributed by atoms with Crippen LogP contribution in [0, 0.1) is 0 Å². The molecule has 0 saturated heterocycles. The summed E-state index contributed by atoms with van der Waals surface area (Å²) in [5.74, 6) is 0.818. The number of alkyl halides is 3. The second kappa shape index (κ2) is 9.34. The third-order valence-corrected chi connectivity index (χ3v) is 4.01. The highest BCUT2D eigenvalue weighted by Gasteiger charge is 2.30. The Hall–Kier alpha value is -2.90. The summed E-state index contributed by atoms with van der Waals surface area (Å²) in [5, 5.41) is 5.50. The van der Waals surface area contributed by atoms with Gasteiger partial charge < -0.3 is 20.1 Å². The molecule has 0 bridgehead atoms. The van der Waals surface area contributed by atoms with E-state index < -0.39 is 11.7 Å². The zero-order valence-electron chi connectivity index (χ0n) is 15.9. The third kappa shape index (κ3) is 5.80. The van der Waals surface area contributed by atoms with Gasteiger partial charge in [-0.1, -0.05) is 12.1 Å². The van der Waals surface area contributed by atoms with Crippen molar-refractivity contribution in [2.75, 3.05) is 25.6 Å². The number of halogens is 3. The molecule has 1 atom stereocenters. The van der Waals surface area contributed by atoms with Crippen LogP contribution in [-0.2, 0) is 11.0 Å². The van der Waals surface area contributed by atoms with Crippen LogP contribution in [0.1, 0.15) is 31.0 Å². The summed E-state index contributed by atoms with van der Waals surface area (Å²) in [7, 11) is 1.53. The first kappa shape index (κ1) is 21.4. The summed E-state index contributed by atoms with van der Waals surface area (Å²) in [6.45, 7) is 4.02. The second-order valence-electron chi connectivity index (χ2n) is 6.06. The lowest BCUT2D eigenvalue weighted by molar-refractivity contribution is -0.137. The first-order chi connectivity index (χ1) is 13.2. The van der Waals surface area contributed by atoms with E-state index in [1.165, 1.54) is 19.2 Å². The summed E-state index contributed by atoms with van der Waals surface area (Å²) < 4.78 is 49.0. The Balaban J connectivity index is 1.96. The first-order valence-electron chi connectivity index (χ1n) is 8.75. The van der Waals surface area contributed by atoms with Gasteiger partial charge in [0.1, 0.15) is 0 Å². The maximum atomic E-state index is 12.7. The van der Waals surface area contributed by atoms with Gasteiger partial charge in [-0.05, 0) is 49.7 Å². The third-order valence-electron chi connectivity index (χ3n) is 4.01. The predicted octanol–water partition coefficient (Wildman–Crippen LogP) is 4.40. The predicted molar refractivity (Wildman–Crippen MR) is 101 cm³/mol. The Morgan fingerprint density at radius 1 is 1.14 bits per heavy atom. The highest BCUT2D eigenvalue weighted by molar-refractivity contribution is 5.81. The van der Waals surface area contributed by atoms with Crippen LogP contribution in [0.4, 0.5) is 18.9 Å². The smallest absolute Gasteiger partial charge is 0.416 e. The number of carbonyl (C=O) groups is 1. The van der Waals surface area contributed by atoms with Crippen LogP contribution in [0.5, 0.6) is 11.5 Å². The van der Waals surface area contributed by atoms with Crippen molar-refractivity contribution in [2.24, 2.45) is 0 Å². The van der Waals surface area contributed by atoms with Gasteiger partial charge in [0.2, 0.25) is 5.91 Å². The van der Waals surface area contributed by atoms with Gasteiger partial charge in [-0.15, -0.1) is 0 Å². The van der Waals surface area contributed by atoms with Gasteiger partial charge in [0.05, 0.1) is 31.9 Å². The normalized spacial score (nSPS) is 12.2. The molecular weight excluding hydrogens is 373 g/mol. The maximum Gasteiger partial charge on any atom is 0.416 e. The summed E-state index contributed by atoms with van der Waals surface area (Å²) in [4.78, 5) is 12.2. The van der Waals surface area contributed by atoms with E-state index in [4.69, 9.17) is 9.47 Å². The minimum Gasteiger partial charge on any atom is -0.493 e. The fraction of sp³-hybridized carbons (Fsp3) is 0.350. The highest BCUT2D eigenvalue weighted by Crippen LogP contribution is 2.31. The van der Waals surface area contributed by atoms with E-state index in [1.54, 1.807) is 19.1 Å². The summed E-state index contributed by atoms with van der Waals surface area (Å²) in [6, 6.07) is 9.75. The van der Waals surface area contributed by atoms with E-state index in [0.29, 0.717) is 18.1 Å². The van der Waals surface area contributed by atoms with Crippen LogP contribution in [0.2, 0.25) is 0 Å². The topological polar surface area (TPSA) is 59.6 Å². The molecule has 0 aliphatic heterocycles. The average molecular weight is 396 g/mol. The molecule has 2 rings (SSSR count). The van der Waals surface area contributed by atoms with Crippen molar-refractivity contribution in [1.29, 1.82) is 0 Å². The van der Waals surface area contributed by atoms with Crippen molar-refractivity contribution < 1.29 is 27.4 Å². The number of methoxy groups -OCH3 is 1. The van der Waals surface area contributed by atoms with E-state index in [0.717, 1.165) is 17.7 Å². The lowest BCUT2D eigenvalue weighted by Gasteiger charge is -2.17. The highest BCUT2D eigenvalue weighted by atomic mass is 19.4. The summed E-state index contributed by atoms with van der Waals surface area (Å²) in [6.07, 6.45) is -4.43. The van der Waals surface area contributed by atoms with E-state index in [2.05, 4.69) is 10.6 Å². The van der Waals surface area contributed by atoms with Crippen molar-refractivity contribution in [1.82, 2.24) is 5.32 Å².